The molecule has 8 heteroatoms. The SMILES string of the molecule is COC(=O)c1ccc2nnn(OCCOc3ccc(F)cc3)c2c1. The van der Waals surface area contributed by atoms with E-state index in [0.29, 0.717) is 22.3 Å². The molecule has 3 aromatic rings. The summed E-state index contributed by atoms with van der Waals surface area (Å²) < 4.78 is 22.9. The first-order chi connectivity index (χ1) is 11.7. The molecule has 0 saturated carbocycles. The minimum Gasteiger partial charge on any atom is -0.490 e. The van der Waals surface area contributed by atoms with Gasteiger partial charge in [0.05, 0.1) is 12.7 Å². The fraction of sp³-hybridized carbons (Fsp3) is 0.188. The van der Waals surface area contributed by atoms with Crippen LogP contribution >= 0.6 is 0 Å². The molecule has 2 aromatic carbocycles. The zero-order valence-electron chi connectivity index (χ0n) is 12.8. The molecule has 0 amide bonds. The van der Waals surface area contributed by atoms with Gasteiger partial charge in [0.1, 0.15) is 29.2 Å². The lowest BCUT2D eigenvalue weighted by Gasteiger charge is -2.08. The molecule has 1 heterocycles. The third kappa shape index (κ3) is 3.43. The number of methoxy groups -OCH3 is 1. The molecule has 7 nitrogen and oxygen atoms in total. The number of carbonyl (C=O) groups excluding carboxylic acids is 1. The summed E-state index contributed by atoms with van der Waals surface area (Å²) in [6.07, 6.45) is 0. The molecule has 0 bridgehead atoms. The van der Waals surface area contributed by atoms with Gasteiger partial charge in [-0.15, -0.1) is 5.10 Å². The fourth-order valence-corrected chi connectivity index (χ4v) is 2.05. The van der Waals surface area contributed by atoms with E-state index in [-0.39, 0.29) is 19.0 Å². The number of benzene rings is 2. The third-order valence-corrected chi connectivity index (χ3v) is 3.22. The number of rotatable bonds is 6. The monoisotopic (exact) mass is 331 g/mol. The second-order valence-corrected chi connectivity index (χ2v) is 4.79. The van der Waals surface area contributed by atoms with E-state index in [1.165, 1.54) is 36.2 Å². The van der Waals surface area contributed by atoms with Crippen molar-refractivity contribution in [2.24, 2.45) is 0 Å². The number of nitrogens with zero attached hydrogens (tertiary/aromatic N) is 3. The van der Waals surface area contributed by atoms with Crippen molar-refractivity contribution in [1.29, 1.82) is 0 Å². The number of aromatic nitrogens is 3. The predicted molar refractivity (Wildman–Crippen MR) is 82.2 cm³/mol. The third-order valence-electron chi connectivity index (χ3n) is 3.22. The quantitative estimate of drug-likeness (QED) is 0.507. The summed E-state index contributed by atoms with van der Waals surface area (Å²) in [6.45, 7) is 0.433. The number of carbonyl (C=O) groups is 1. The molecule has 0 spiro atoms. The summed E-state index contributed by atoms with van der Waals surface area (Å²) in [6, 6.07) is 10.5. The Labute approximate surface area is 136 Å². The van der Waals surface area contributed by atoms with Gasteiger partial charge in [-0.1, -0.05) is 4.85 Å². The molecule has 0 atom stereocenters. The van der Waals surface area contributed by atoms with Crippen molar-refractivity contribution in [2.45, 2.75) is 0 Å². The lowest BCUT2D eigenvalue weighted by atomic mass is 10.2. The lowest BCUT2D eigenvalue weighted by Crippen LogP contribution is -2.19. The van der Waals surface area contributed by atoms with Gasteiger partial charge in [-0.3, -0.25) is 0 Å². The van der Waals surface area contributed by atoms with Gasteiger partial charge in [0, 0.05) is 0 Å². The molecule has 1 aromatic heterocycles. The number of fused-ring (bicyclic) bond motifs is 1. The Bertz CT molecular complexity index is 848. The highest BCUT2D eigenvalue weighted by molar-refractivity contribution is 5.93. The Morgan fingerprint density at radius 1 is 1.17 bits per heavy atom. The van der Waals surface area contributed by atoms with Crippen LogP contribution < -0.4 is 9.57 Å². The van der Waals surface area contributed by atoms with E-state index in [4.69, 9.17) is 9.57 Å². The number of halogens is 1. The van der Waals surface area contributed by atoms with Gasteiger partial charge < -0.3 is 14.3 Å². The van der Waals surface area contributed by atoms with Crippen LogP contribution in [0.3, 0.4) is 0 Å². The van der Waals surface area contributed by atoms with Crippen LogP contribution in [0.4, 0.5) is 4.39 Å². The molecular formula is C16H14FN3O4. The second kappa shape index (κ2) is 6.95. The van der Waals surface area contributed by atoms with Crippen molar-refractivity contribution >= 4 is 17.0 Å². The molecule has 3 rings (SSSR count). The molecule has 0 fully saturated rings. The maximum absolute atomic E-state index is 12.8. The van der Waals surface area contributed by atoms with Gasteiger partial charge in [-0.25, -0.2) is 9.18 Å². The highest BCUT2D eigenvalue weighted by atomic mass is 19.1. The lowest BCUT2D eigenvalue weighted by molar-refractivity contribution is 0.0598. The van der Waals surface area contributed by atoms with Crippen molar-refractivity contribution < 1.29 is 23.5 Å². The van der Waals surface area contributed by atoms with E-state index < -0.39 is 5.97 Å². The van der Waals surface area contributed by atoms with Crippen molar-refractivity contribution in [3.05, 3.63) is 53.8 Å². The maximum atomic E-state index is 12.8. The Hall–Kier alpha value is -3.16. The smallest absolute Gasteiger partial charge is 0.337 e. The molecule has 0 aliphatic rings. The van der Waals surface area contributed by atoms with E-state index in [0.717, 1.165) is 0 Å². The summed E-state index contributed by atoms with van der Waals surface area (Å²) in [5, 5.41) is 7.81. The molecule has 0 unspecified atom stereocenters. The highest BCUT2D eigenvalue weighted by Crippen LogP contribution is 2.14. The Morgan fingerprint density at radius 2 is 1.96 bits per heavy atom. The van der Waals surface area contributed by atoms with Crippen LogP contribution in [0.15, 0.2) is 42.5 Å². The molecular weight excluding hydrogens is 317 g/mol. The van der Waals surface area contributed by atoms with E-state index in [1.807, 2.05) is 0 Å². The summed E-state index contributed by atoms with van der Waals surface area (Å²) in [7, 11) is 1.31. The van der Waals surface area contributed by atoms with Crippen LogP contribution in [0, 0.1) is 5.82 Å². The predicted octanol–water partition coefficient (Wildman–Crippen LogP) is 1.86. The van der Waals surface area contributed by atoms with Crippen LogP contribution in [0.5, 0.6) is 5.75 Å². The summed E-state index contributed by atoms with van der Waals surface area (Å²) in [5.41, 5.74) is 1.50. The molecule has 0 aliphatic carbocycles. The van der Waals surface area contributed by atoms with Crippen molar-refractivity contribution in [2.75, 3.05) is 20.3 Å². The molecule has 0 aliphatic heterocycles. The van der Waals surface area contributed by atoms with Gasteiger partial charge >= 0.3 is 5.97 Å². The van der Waals surface area contributed by atoms with E-state index >= 15 is 0 Å². The molecule has 0 saturated heterocycles. The largest absolute Gasteiger partial charge is 0.490 e. The number of ether oxygens (including phenoxy) is 2. The van der Waals surface area contributed by atoms with E-state index in [1.54, 1.807) is 18.2 Å². The normalized spacial score (nSPS) is 10.6. The highest BCUT2D eigenvalue weighted by Gasteiger charge is 2.11. The van der Waals surface area contributed by atoms with Crippen molar-refractivity contribution in [3.8, 4) is 5.75 Å². The zero-order valence-corrected chi connectivity index (χ0v) is 12.8. The fourth-order valence-electron chi connectivity index (χ4n) is 2.05. The average Bonchev–Trinajstić information content (AvgIpc) is 3.02. The first-order valence-electron chi connectivity index (χ1n) is 7.13. The number of hydrogen-bond acceptors (Lipinski definition) is 6. The first-order valence-corrected chi connectivity index (χ1v) is 7.13. The summed E-state index contributed by atoms with van der Waals surface area (Å²) in [5.74, 6) is -0.241. The Morgan fingerprint density at radius 3 is 2.71 bits per heavy atom. The average molecular weight is 331 g/mol. The van der Waals surface area contributed by atoms with Crippen molar-refractivity contribution in [1.82, 2.24) is 15.2 Å². The van der Waals surface area contributed by atoms with E-state index in [2.05, 4.69) is 15.0 Å². The van der Waals surface area contributed by atoms with Gasteiger partial charge in [-0.2, -0.15) is 0 Å². The van der Waals surface area contributed by atoms with Crippen LogP contribution in [0.2, 0.25) is 0 Å². The molecule has 124 valence electrons. The Balaban J connectivity index is 1.62. The summed E-state index contributed by atoms with van der Waals surface area (Å²) in [4.78, 5) is 18.3. The first kappa shape index (κ1) is 15.7. The van der Waals surface area contributed by atoms with Crippen LogP contribution in [-0.2, 0) is 4.74 Å². The van der Waals surface area contributed by atoms with Gasteiger partial charge in [0.15, 0.2) is 6.61 Å². The second-order valence-electron chi connectivity index (χ2n) is 4.79. The van der Waals surface area contributed by atoms with E-state index in [9.17, 15) is 9.18 Å². The minimum absolute atomic E-state index is 0.193. The number of hydrogen-bond donors (Lipinski definition) is 0. The molecule has 0 radical (unpaired) electrons. The molecule has 24 heavy (non-hydrogen) atoms. The standard InChI is InChI=1S/C16H14FN3O4/c1-22-16(21)11-2-7-14-15(10-11)20(19-18-14)24-9-8-23-13-5-3-12(17)4-6-13/h2-7,10H,8-9H2,1H3. The number of esters is 1. The summed E-state index contributed by atoms with van der Waals surface area (Å²) >= 11 is 0. The molecule has 0 N–H and O–H groups in total. The van der Waals surface area contributed by atoms with Gasteiger partial charge in [0.25, 0.3) is 0 Å². The van der Waals surface area contributed by atoms with Crippen molar-refractivity contribution in [3.63, 3.8) is 0 Å². The Kier molecular flexibility index (Phi) is 4.55. The maximum Gasteiger partial charge on any atom is 0.337 e. The van der Waals surface area contributed by atoms with Gasteiger partial charge in [0.2, 0.25) is 0 Å². The van der Waals surface area contributed by atoms with Crippen LogP contribution in [0.25, 0.3) is 11.0 Å². The minimum atomic E-state index is -0.454. The topological polar surface area (TPSA) is 75.5 Å². The van der Waals surface area contributed by atoms with Crippen LogP contribution in [-0.4, -0.2) is 41.5 Å². The zero-order chi connectivity index (χ0) is 16.9. The van der Waals surface area contributed by atoms with Crippen LogP contribution in [0.1, 0.15) is 10.4 Å². The van der Waals surface area contributed by atoms with Gasteiger partial charge in [-0.05, 0) is 47.7 Å².